The van der Waals surface area contributed by atoms with Crippen LogP contribution >= 0.6 is 0 Å². The lowest BCUT2D eigenvalue weighted by molar-refractivity contribution is -0.117. The fourth-order valence-electron chi connectivity index (χ4n) is 4.11. The van der Waals surface area contributed by atoms with Crippen molar-refractivity contribution in [3.8, 4) is 11.5 Å². The molecule has 0 radical (unpaired) electrons. The summed E-state index contributed by atoms with van der Waals surface area (Å²) in [4.78, 5) is 34.9. The van der Waals surface area contributed by atoms with Gasteiger partial charge >= 0.3 is 0 Å². The Morgan fingerprint density at radius 3 is 2.66 bits per heavy atom. The maximum Gasteiger partial charge on any atom is 0.255 e. The molecule has 9 nitrogen and oxygen atoms in total. The predicted octanol–water partition coefficient (Wildman–Crippen LogP) is 2.57. The standard InChI is InChI=1S/C22H26FN7O2/c1-11-18(22(32)24-13-5-7-30(2)8-6-13)19(29-28-11)20-25-16-9-14(23)15(10-17(16)26-20)27-21(31)12-3-4-12/h9-10,12-13H,3-8H2,1-2H3,(H,24,32)(H,25,26)(H,27,31)(H,28,29). The minimum Gasteiger partial charge on any atom is -0.349 e. The fraction of sp³-hybridized carbons (Fsp3) is 0.455. The predicted molar refractivity (Wildman–Crippen MR) is 118 cm³/mol. The van der Waals surface area contributed by atoms with Gasteiger partial charge < -0.3 is 20.5 Å². The number of aromatic nitrogens is 4. The van der Waals surface area contributed by atoms with E-state index < -0.39 is 5.82 Å². The molecule has 2 amide bonds. The highest BCUT2D eigenvalue weighted by Crippen LogP contribution is 2.32. The van der Waals surface area contributed by atoms with Crippen LogP contribution in [0.15, 0.2) is 12.1 Å². The molecule has 1 aliphatic heterocycles. The number of likely N-dealkylation sites (tertiary alicyclic amines) is 1. The molecular formula is C22H26FN7O2. The lowest BCUT2D eigenvalue weighted by Gasteiger charge is -2.29. The zero-order valence-electron chi connectivity index (χ0n) is 18.1. The monoisotopic (exact) mass is 439 g/mol. The molecule has 1 saturated carbocycles. The van der Waals surface area contributed by atoms with E-state index in [0.717, 1.165) is 38.8 Å². The van der Waals surface area contributed by atoms with E-state index in [1.165, 1.54) is 12.1 Å². The fourth-order valence-corrected chi connectivity index (χ4v) is 4.11. The Hall–Kier alpha value is -3.27. The number of fused-ring (bicyclic) bond motifs is 1. The van der Waals surface area contributed by atoms with Gasteiger partial charge in [0.05, 0.1) is 22.3 Å². The van der Waals surface area contributed by atoms with E-state index >= 15 is 0 Å². The summed E-state index contributed by atoms with van der Waals surface area (Å²) in [5.41, 5.74) is 2.48. The maximum atomic E-state index is 14.5. The number of rotatable bonds is 5. The molecule has 1 saturated heterocycles. The molecule has 0 atom stereocenters. The van der Waals surface area contributed by atoms with Gasteiger partial charge in [-0.05, 0) is 58.8 Å². The molecule has 168 valence electrons. The number of halogens is 1. The molecule has 3 heterocycles. The quantitative estimate of drug-likeness (QED) is 0.487. The number of hydrogen-bond acceptors (Lipinski definition) is 5. The van der Waals surface area contributed by atoms with Crippen LogP contribution in [0, 0.1) is 18.7 Å². The summed E-state index contributed by atoms with van der Waals surface area (Å²) in [6.07, 6.45) is 3.47. The number of benzene rings is 1. The van der Waals surface area contributed by atoms with Gasteiger partial charge in [-0.25, -0.2) is 9.37 Å². The number of nitrogens with one attached hydrogen (secondary N) is 4. The van der Waals surface area contributed by atoms with Crippen LogP contribution in [-0.2, 0) is 4.79 Å². The lowest BCUT2D eigenvalue weighted by Crippen LogP contribution is -2.43. The molecule has 32 heavy (non-hydrogen) atoms. The number of carbonyl (C=O) groups is 2. The molecule has 0 bridgehead atoms. The number of hydrogen-bond donors (Lipinski definition) is 4. The Labute approximate surface area is 184 Å². The van der Waals surface area contributed by atoms with Crippen molar-refractivity contribution in [2.75, 3.05) is 25.5 Å². The molecule has 4 N–H and O–H groups in total. The van der Waals surface area contributed by atoms with Gasteiger partial charge in [0, 0.05) is 23.7 Å². The summed E-state index contributed by atoms with van der Waals surface area (Å²) in [7, 11) is 2.07. The average molecular weight is 439 g/mol. The van der Waals surface area contributed by atoms with Crippen LogP contribution in [0.25, 0.3) is 22.6 Å². The molecule has 1 aliphatic carbocycles. The van der Waals surface area contributed by atoms with Crippen molar-refractivity contribution in [1.29, 1.82) is 0 Å². The van der Waals surface area contributed by atoms with Gasteiger partial charge in [-0.1, -0.05) is 0 Å². The molecule has 2 aromatic heterocycles. The maximum absolute atomic E-state index is 14.5. The van der Waals surface area contributed by atoms with Gasteiger partial charge in [0.2, 0.25) is 5.91 Å². The Balaban J connectivity index is 1.41. The number of imidazole rings is 1. The summed E-state index contributed by atoms with van der Waals surface area (Å²) in [5, 5.41) is 12.9. The third kappa shape index (κ3) is 3.97. The van der Waals surface area contributed by atoms with E-state index in [2.05, 4.69) is 42.7 Å². The normalized spacial score (nSPS) is 17.6. The molecule has 2 aliphatic rings. The van der Waals surface area contributed by atoms with Gasteiger partial charge in [0.25, 0.3) is 5.91 Å². The molecule has 10 heteroatoms. The number of anilines is 1. The van der Waals surface area contributed by atoms with Crippen molar-refractivity contribution in [2.45, 2.75) is 38.6 Å². The summed E-state index contributed by atoms with van der Waals surface area (Å²) in [6.45, 7) is 3.67. The first-order valence-corrected chi connectivity index (χ1v) is 10.9. The molecule has 0 spiro atoms. The smallest absolute Gasteiger partial charge is 0.255 e. The van der Waals surface area contributed by atoms with Gasteiger partial charge in [-0.2, -0.15) is 5.10 Å². The zero-order valence-corrected chi connectivity index (χ0v) is 18.1. The van der Waals surface area contributed by atoms with Crippen LogP contribution in [0.4, 0.5) is 10.1 Å². The first kappa shape index (κ1) is 20.6. The van der Waals surface area contributed by atoms with Crippen LogP contribution in [0.1, 0.15) is 41.7 Å². The number of aryl methyl sites for hydroxylation is 1. The van der Waals surface area contributed by atoms with E-state index in [1.807, 2.05) is 0 Å². The minimum atomic E-state index is -0.542. The van der Waals surface area contributed by atoms with Crippen LogP contribution in [0.3, 0.4) is 0 Å². The molecule has 2 fully saturated rings. The Bertz CT molecular complexity index is 1190. The second-order valence-electron chi connectivity index (χ2n) is 8.82. The van der Waals surface area contributed by atoms with Crippen molar-refractivity contribution in [3.05, 3.63) is 29.2 Å². The van der Waals surface area contributed by atoms with Gasteiger partial charge in [-0.3, -0.25) is 14.7 Å². The summed E-state index contributed by atoms with van der Waals surface area (Å²) >= 11 is 0. The van der Waals surface area contributed by atoms with Gasteiger partial charge in [0.15, 0.2) is 5.82 Å². The first-order valence-electron chi connectivity index (χ1n) is 10.9. The second kappa shape index (κ2) is 8.01. The topological polar surface area (TPSA) is 119 Å². The van der Waals surface area contributed by atoms with Crippen molar-refractivity contribution in [2.24, 2.45) is 5.92 Å². The van der Waals surface area contributed by atoms with Crippen LogP contribution < -0.4 is 10.6 Å². The molecule has 1 aromatic carbocycles. The molecule has 0 unspecified atom stereocenters. The number of H-pyrrole nitrogens is 2. The summed E-state index contributed by atoms with van der Waals surface area (Å²) in [6, 6.07) is 2.91. The van der Waals surface area contributed by atoms with E-state index in [0.29, 0.717) is 33.8 Å². The Kier molecular flexibility index (Phi) is 5.16. The first-order chi connectivity index (χ1) is 15.4. The third-order valence-electron chi connectivity index (χ3n) is 6.23. The second-order valence-corrected chi connectivity index (χ2v) is 8.82. The molecule has 3 aromatic rings. The highest BCUT2D eigenvalue weighted by molar-refractivity contribution is 6.01. The van der Waals surface area contributed by atoms with Crippen molar-refractivity contribution < 1.29 is 14.0 Å². The van der Waals surface area contributed by atoms with E-state index in [9.17, 15) is 14.0 Å². The number of nitrogens with zero attached hydrogens (tertiary/aromatic N) is 3. The Morgan fingerprint density at radius 2 is 1.94 bits per heavy atom. The van der Waals surface area contributed by atoms with E-state index in [-0.39, 0.29) is 29.5 Å². The van der Waals surface area contributed by atoms with Crippen LogP contribution in [0.2, 0.25) is 0 Å². The Morgan fingerprint density at radius 1 is 1.19 bits per heavy atom. The van der Waals surface area contributed by atoms with Crippen molar-refractivity contribution >= 4 is 28.5 Å². The largest absolute Gasteiger partial charge is 0.349 e. The highest BCUT2D eigenvalue weighted by atomic mass is 19.1. The number of aromatic amines is 2. The highest BCUT2D eigenvalue weighted by Gasteiger charge is 2.30. The summed E-state index contributed by atoms with van der Waals surface area (Å²) < 4.78 is 14.5. The van der Waals surface area contributed by atoms with Crippen LogP contribution in [-0.4, -0.2) is 63.1 Å². The summed E-state index contributed by atoms with van der Waals surface area (Å²) in [5.74, 6) is -0.583. The minimum absolute atomic E-state index is 0.0301. The number of amides is 2. The lowest BCUT2D eigenvalue weighted by atomic mass is 10.0. The van der Waals surface area contributed by atoms with Gasteiger partial charge in [-0.15, -0.1) is 0 Å². The van der Waals surface area contributed by atoms with Crippen molar-refractivity contribution in [3.63, 3.8) is 0 Å². The average Bonchev–Trinajstić information content (AvgIpc) is 3.43. The van der Waals surface area contributed by atoms with E-state index in [4.69, 9.17) is 0 Å². The zero-order chi connectivity index (χ0) is 22.4. The van der Waals surface area contributed by atoms with Crippen LogP contribution in [0.5, 0.6) is 0 Å². The SMILES string of the molecule is Cc1[nH]nc(-c2nc3cc(NC(=O)C4CC4)c(F)cc3[nH]2)c1C(=O)NC1CCN(C)CC1. The van der Waals surface area contributed by atoms with Gasteiger partial charge in [0.1, 0.15) is 11.5 Å². The number of piperidine rings is 1. The van der Waals surface area contributed by atoms with E-state index in [1.54, 1.807) is 6.92 Å². The number of carbonyl (C=O) groups excluding carboxylic acids is 2. The third-order valence-corrected chi connectivity index (χ3v) is 6.23. The van der Waals surface area contributed by atoms with Crippen molar-refractivity contribution in [1.82, 2.24) is 30.4 Å². The molecular weight excluding hydrogens is 413 g/mol. The molecule has 5 rings (SSSR count).